The molecule has 0 atom stereocenters. The Bertz CT molecular complexity index is 305. The lowest BCUT2D eigenvalue weighted by Crippen LogP contribution is -1.97. The van der Waals surface area contributed by atoms with Gasteiger partial charge in [-0.25, -0.2) is 13.5 Å². The molecule has 0 amide bonds. The molecule has 0 aliphatic rings. The molecule has 0 aliphatic heterocycles. The van der Waals surface area contributed by atoms with Gasteiger partial charge in [-0.3, -0.25) is 0 Å². The lowest BCUT2D eigenvalue weighted by atomic mass is 10.0. The molecule has 1 aromatic heterocycles. The van der Waals surface area contributed by atoms with E-state index >= 15 is 0 Å². The highest BCUT2D eigenvalue weighted by Crippen LogP contribution is 2.28. The van der Waals surface area contributed by atoms with E-state index in [1.165, 1.54) is 7.05 Å². The van der Waals surface area contributed by atoms with Gasteiger partial charge in [-0.2, -0.15) is 9.49 Å². The number of rotatable bonds is 2. The molecule has 13 heavy (non-hydrogen) atoms. The Morgan fingerprint density at radius 1 is 1.31 bits per heavy atom. The highest BCUT2D eigenvalue weighted by atomic mass is 19.3. The molecule has 1 heterocycles. The molecule has 1 aromatic rings. The quantitative estimate of drug-likeness (QED) is 0.704. The van der Waals surface area contributed by atoms with Crippen LogP contribution in [0.3, 0.4) is 0 Å². The molecule has 74 valence electrons. The van der Waals surface area contributed by atoms with E-state index in [1.54, 1.807) is 13.8 Å². The molecule has 0 saturated heterocycles. The second-order valence-electron chi connectivity index (χ2n) is 3.17. The van der Waals surface area contributed by atoms with E-state index in [0.717, 1.165) is 4.68 Å². The van der Waals surface area contributed by atoms with Crippen LogP contribution >= 0.6 is 0 Å². The van der Waals surface area contributed by atoms with Gasteiger partial charge in [0.1, 0.15) is 5.69 Å². The molecule has 0 saturated carbocycles. The molecule has 0 aromatic carbocycles. The predicted octanol–water partition coefficient (Wildman–Crippen LogP) is 2.62. The van der Waals surface area contributed by atoms with Crippen molar-refractivity contribution in [1.29, 1.82) is 0 Å². The highest BCUT2D eigenvalue weighted by Gasteiger charge is 2.24. The SMILES string of the molecule is CC(C)c1c(C(F)F)nn(C)c1F. The van der Waals surface area contributed by atoms with Crippen molar-refractivity contribution in [2.45, 2.75) is 26.2 Å². The van der Waals surface area contributed by atoms with Crippen molar-refractivity contribution in [1.82, 2.24) is 9.78 Å². The number of hydrogen-bond acceptors (Lipinski definition) is 1. The average Bonchev–Trinajstić information content (AvgIpc) is 2.28. The van der Waals surface area contributed by atoms with Crippen molar-refractivity contribution in [3.8, 4) is 0 Å². The van der Waals surface area contributed by atoms with Crippen LogP contribution in [0.5, 0.6) is 0 Å². The summed E-state index contributed by atoms with van der Waals surface area (Å²) in [6.45, 7) is 3.32. The summed E-state index contributed by atoms with van der Waals surface area (Å²) in [7, 11) is 1.31. The van der Waals surface area contributed by atoms with Crippen molar-refractivity contribution in [2.24, 2.45) is 7.05 Å². The third-order valence-corrected chi connectivity index (χ3v) is 1.82. The summed E-state index contributed by atoms with van der Waals surface area (Å²) in [5.74, 6) is -0.956. The largest absolute Gasteiger partial charge is 0.282 e. The number of nitrogens with zero attached hydrogens (tertiary/aromatic N) is 2. The molecule has 5 heteroatoms. The van der Waals surface area contributed by atoms with Gasteiger partial charge in [-0.05, 0) is 5.92 Å². The zero-order chi connectivity index (χ0) is 10.2. The number of alkyl halides is 2. The van der Waals surface area contributed by atoms with Crippen molar-refractivity contribution >= 4 is 0 Å². The molecule has 0 spiro atoms. The van der Waals surface area contributed by atoms with Crippen LogP contribution in [0.25, 0.3) is 0 Å². The van der Waals surface area contributed by atoms with Crippen molar-refractivity contribution in [3.05, 3.63) is 17.2 Å². The fourth-order valence-corrected chi connectivity index (χ4v) is 1.23. The second kappa shape index (κ2) is 3.40. The molecule has 0 bridgehead atoms. The molecular weight excluding hydrogens is 181 g/mol. The smallest absolute Gasteiger partial charge is 0.242 e. The minimum absolute atomic E-state index is 0.0116. The molecule has 2 nitrogen and oxygen atoms in total. The summed E-state index contributed by atoms with van der Waals surface area (Å²) in [5.41, 5.74) is -0.437. The fourth-order valence-electron chi connectivity index (χ4n) is 1.23. The van der Waals surface area contributed by atoms with Gasteiger partial charge < -0.3 is 0 Å². The van der Waals surface area contributed by atoms with E-state index in [9.17, 15) is 13.2 Å². The van der Waals surface area contributed by atoms with Crippen LogP contribution in [0.2, 0.25) is 0 Å². The standard InChI is InChI=1S/C8H11F3N2/c1-4(2)5-6(7(9)10)12-13(3)8(5)11/h4,7H,1-3H3. The Morgan fingerprint density at radius 3 is 2.15 bits per heavy atom. The second-order valence-corrected chi connectivity index (χ2v) is 3.17. The summed E-state index contributed by atoms with van der Waals surface area (Å²) in [6.07, 6.45) is -2.71. The molecule has 0 unspecified atom stereocenters. The fraction of sp³-hybridized carbons (Fsp3) is 0.625. The maximum Gasteiger partial charge on any atom is 0.282 e. The molecule has 1 rings (SSSR count). The topological polar surface area (TPSA) is 17.8 Å². The Balaban J connectivity index is 3.27. The maximum absolute atomic E-state index is 13.2. The van der Waals surface area contributed by atoms with Gasteiger partial charge >= 0.3 is 0 Å². The van der Waals surface area contributed by atoms with Crippen molar-refractivity contribution in [3.63, 3.8) is 0 Å². The molecule has 0 fully saturated rings. The lowest BCUT2D eigenvalue weighted by molar-refractivity contribution is 0.143. The summed E-state index contributed by atoms with van der Waals surface area (Å²) in [4.78, 5) is 0. The van der Waals surface area contributed by atoms with Crippen LogP contribution in [-0.4, -0.2) is 9.78 Å². The molecule has 0 aliphatic carbocycles. The van der Waals surface area contributed by atoms with Crippen LogP contribution in [0.4, 0.5) is 13.2 Å². The number of aryl methyl sites for hydroxylation is 1. The maximum atomic E-state index is 13.2. The van der Waals surface area contributed by atoms with Crippen molar-refractivity contribution in [2.75, 3.05) is 0 Å². The number of halogens is 3. The first kappa shape index (κ1) is 10.1. The monoisotopic (exact) mass is 192 g/mol. The molecule has 0 N–H and O–H groups in total. The van der Waals surface area contributed by atoms with E-state index in [0.29, 0.717) is 0 Å². The summed E-state index contributed by atoms with van der Waals surface area (Å²) >= 11 is 0. The Morgan fingerprint density at radius 2 is 1.85 bits per heavy atom. The van der Waals surface area contributed by atoms with Crippen molar-refractivity contribution < 1.29 is 13.2 Å². The zero-order valence-electron chi connectivity index (χ0n) is 7.68. The van der Waals surface area contributed by atoms with Gasteiger partial charge in [0.15, 0.2) is 0 Å². The summed E-state index contributed by atoms with van der Waals surface area (Å²) < 4.78 is 38.7. The highest BCUT2D eigenvalue weighted by molar-refractivity contribution is 5.23. The summed E-state index contributed by atoms with van der Waals surface area (Å²) in [6, 6.07) is 0. The third-order valence-electron chi connectivity index (χ3n) is 1.82. The van der Waals surface area contributed by atoms with Gasteiger partial charge in [0, 0.05) is 12.6 Å². The third kappa shape index (κ3) is 1.68. The van der Waals surface area contributed by atoms with E-state index < -0.39 is 18.1 Å². The average molecular weight is 192 g/mol. The first-order valence-electron chi connectivity index (χ1n) is 3.95. The minimum atomic E-state index is -2.71. The normalized spacial score (nSPS) is 11.7. The van der Waals surface area contributed by atoms with Crippen LogP contribution in [-0.2, 0) is 7.05 Å². The number of aromatic nitrogens is 2. The lowest BCUT2D eigenvalue weighted by Gasteiger charge is -2.03. The number of hydrogen-bond donors (Lipinski definition) is 0. The van der Waals surface area contributed by atoms with Crippen LogP contribution in [0, 0.1) is 5.95 Å². The Kier molecular flexibility index (Phi) is 2.63. The van der Waals surface area contributed by atoms with E-state index in [4.69, 9.17) is 0 Å². The van der Waals surface area contributed by atoms with Crippen LogP contribution in [0.15, 0.2) is 0 Å². The minimum Gasteiger partial charge on any atom is -0.242 e. The van der Waals surface area contributed by atoms with Gasteiger partial charge in [-0.1, -0.05) is 13.8 Å². The Labute approximate surface area is 74.4 Å². The zero-order valence-corrected chi connectivity index (χ0v) is 7.68. The predicted molar refractivity (Wildman–Crippen MR) is 42.2 cm³/mol. The molecular formula is C8H11F3N2. The first-order valence-corrected chi connectivity index (χ1v) is 3.95. The first-order chi connectivity index (χ1) is 5.95. The molecule has 0 radical (unpaired) electrons. The van der Waals surface area contributed by atoms with Gasteiger partial charge in [0.05, 0.1) is 0 Å². The summed E-state index contributed by atoms with van der Waals surface area (Å²) in [5, 5.41) is 3.42. The van der Waals surface area contributed by atoms with Gasteiger partial charge in [0.25, 0.3) is 6.43 Å². The van der Waals surface area contributed by atoms with E-state index in [2.05, 4.69) is 5.10 Å². The van der Waals surface area contributed by atoms with Gasteiger partial charge in [0.2, 0.25) is 5.95 Å². The Hall–Kier alpha value is -1.00. The van der Waals surface area contributed by atoms with Gasteiger partial charge in [-0.15, -0.1) is 0 Å². The van der Waals surface area contributed by atoms with E-state index in [-0.39, 0.29) is 11.5 Å². The van der Waals surface area contributed by atoms with Crippen LogP contribution < -0.4 is 0 Å². The van der Waals surface area contributed by atoms with E-state index in [1.807, 2.05) is 0 Å². The van der Waals surface area contributed by atoms with Crippen LogP contribution in [0.1, 0.15) is 37.4 Å².